The molecule has 0 N–H and O–H groups in total. The molecule has 29 heavy (non-hydrogen) atoms. The molecule has 0 unspecified atom stereocenters. The van der Waals surface area contributed by atoms with Gasteiger partial charge in [0.1, 0.15) is 0 Å². The van der Waals surface area contributed by atoms with Crippen molar-refractivity contribution in [3.8, 4) is 11.3 Å². The molecule has 0 spiro atoms. The van der Waals surface area contributed by atoms with E-state index in [0.717, 1.165) is 48.1 Å². The summed E-state index contributed by atoms with van der Waals surface area (Å²) in [5.41, 5.74) is 3.05. The average molecular weight is 430 g/mol. The number of carbonyl (C=O) groups excluding carboxylic acids is 1. The number of hydrogen-bond acceptors (Lipinski definition) is 3. The highest BCUT2D eigenvalue weighted by molar-refractivity contribution is 6.33. The van der Waals surface area contributed by atoms with Crippen molar-refractivity contribution >= 4 is 40.8 Å². The topological polar surface area (TPSA) is 36.4 Å². The summed E-state index contributed by atoms with van der Waals surface area (Å²) in [4.78, 5) is 22.4. The van der Waals surface area contributed by atoms with E-state index in [2.05, 4.69) is 11.9 Å². The molecule has 0 saturated carbocycles. The number of nitrogens with zero attached hydrogens (tertiary/aromatic N) is 3. The Bertz CT molecular complexity index is 1020. The Morgan fingerprint density at radius 2 is 1.76 bits per heavy atom. The van der Waals surface area contributed by atoms with Crippen molar-refractivity contribution in [1.29, 1.82) is 0 Å². The van der Waals surface area contributed by atoms with Crippen LogP contribution in [0.25, 0.3) is 22.2 Å². The summed E-state index contributed by atoms with van der Waals surface area (Å²) in [6, 6.07) is 17.6. The van der Waals surface area contributed by atoms with Gasteiger partial charge in [0.05, 0.1) is 16.8 Å². The average Bonchev–Trinajstić information content (AvgIpc) is 2.73. The normalized spacial score (nSPS) is 15.1. The van der Waals surface area contributed by atoms with Crippen LogP contribution in [0.4, 0.5) is 0 Å². The monoisotopic (exact) mass is 429 g/mol. The molecule has 0 radical (unpaired) electrons. The minimum absolute atomic E-state index is 0. The van der Waals surface area contributed by atoms with E-state index < -0.39 is 0 Å². The number of amides is 1. The third-order valence-corrected chi connectivity index (χ3v) is 5.98. The molecule has 0 aliphatic carbocycles. The van der Waals surface area contributed by atoms with Crippen LogP contribution in [-0.4, -0.2) is 53.9 Å². The summed E-state index contributed by atoms with van der Waals surface area (Å²) >= 11 is 6.40. The van der Waals surface area contributed by atoms with Crippen LogP contribution < -0.4 is 0 Å². The highest BCUT2D eigenvalue weighted by Crippen LogP contribution is 2.30. The Balaban J connectivity index is 0.00000240. The molecule has 1 fully saturated rings. The van der Waals surface area contributed by atoms with Gasteiger partial charge in [0, 0.05) is 29.1 Å². The Hall–Kier alpha value is -2.14. The lowest BCUT2D eigenvalue weighted by atomic mass is 10.00. The number of carbonyl (C=O) groups is 1. The van der Waals surface area contributed by atoms with Crippen molar-refractivity contribution in [2.24, 2.45) is 0 Å². The van der Waals surface area contributed by atoms with Crippen molar-refractivity contribution < 1.29 is 4.79 Å². The first-order valence-corrected chi connectivity index (χ1v) is 10.0. The predicted octanol–water partition coefficient (Wildman–Crippen LogP) is 5.14. The summed E-state index contributed by atoms with van der Waals surface area (Å²) in [5.74, 6) is 0.0430. The predicted molar refractivity (Wildman–Crippen MR) is 122 cm³/mol. The van der Waals surface area contributed by atoms with Gasteiger partial charge in [-0.3, -0.25) is 4.79 Å². The first-order valence-electron chi connectivity index (χ1n) is 9.65. The molecule has 2 aromatic carbocycles. The van der Waals surface area contributed by atoms with Crippen LogP contribution in [0.5, 0.6) is 0 Å². The van der Waals surface area contributed by atoms with Gasteiger partial charge in [-0.25, -0.2) is 4.98 Å². The molecular formula is C23H25Cl2N3O. The fraction of sp³-hybridized carbons (Fsp3) is 0.304. The zero-order valence-electron chi connectivity index (χ0n) is 16.6. The number of fused-ring (bicyclic) bond motifs is 1. The second-order valence-electron chi connectivity index (χ2n) is 7.50. The van der Waals surface area contributed by atoms with Crippen molar-refractivity contribution in [3.63, 3.8) is 0 Å². The lowest BCUT2D eigenvalue weighted by Crippen LogP contribution is -2.44. The molecule has 0 atom stereocenters. The van der Waals surface area contributed by atoms with Crippen LogP contribution in [0.2, 0.25) is 5.02 Å². The SMILES string of the molecule is CN1CCC(N(C)C(=O)c2cc(-c3ccccc3Cl)nc3ccccc23)CC1.Cl. The van der Waals surface area contributed by atoms with Crippen LogP contribution in [0.1, 0.15) is 23.2 Å². The van der Waals surface area contributed by atoms with Crippen LogP contribution in [-0.2, 0) is 0 Å². The van der Waals surface area contributed by atoms with E-state index in [-0.39, 0.29) is 24.4 Å². The molecule has 6 heteroatoms. The first-order chi connectivity index (χ1) is 13.5. The van der Waals surface area contributed by atoms with Gasteiger partial charge < -0.3 is 9.80 Å². The van der Waals surface area contributed by atoms with Crippen LogP contribution in [0.3, 0.4) is 0 Å². The minimum Gasteiger partial charge on any atom is -0.339 e. The molecular weight excluding hydrogens is 405 g/mol. The maximum atomic E-state index is 13.5. The number of pyridine rings is 1. The molecule has 4 rings (SSSR count). The molecule has 1 amide bonds. The van der Waals surface area contributed by atoms with E-state index in [4.69, 9.17) is 16.6 Å². The van der Waals surface area contributed by atoms with E-state index >= 15 is 0 Å². The van der Waals surface area contributed by atoms with E-state index in [9.17, 15) is 4.79 Å². The van der Waals surface area contributed by atoms with Crippen LogP contribution >= 0.6 is 24.0 Å². The smallest absolute Gasteiger partial charge is 0.254 e. The fourth-order valence-electron chi connectivity index (χ4n) is 3.90. The Labute approximate surface area is 182 Å². The van der Waals surface area contributed by atoms with Crippen molar-refractivity contribution in [3.05, 3.63) is 65.2 Å². The third-order valence-electron chi connectivity index (χ3n) is 5.65. The third kappa shape index (κ3) is 4.40. The molecule has 1 aliphatic heterocycles. The minimum atomic E-state index is 0. The molecule has 152 valence electrons. The van der Waals surface area contributed by atoms with E-state index in [0.29, 0.717) is 10.6 Å². The maximum Gasteiger partial charge on any atom is 0.254 e. The molecule has 2 heterocycles. The lowest BCUT2D eigenvalue weighted by Gasteiger charge is -2.35. The number of piperidine rings is 1. The second kappa shape index (κ2) is 9.12. The molecule has 1 saturated heterocycles. The number of hydrogen-bond donors (Lipinski definition) is 0. The number of aromatic nitrogens is 1. The van der Waals surface area contributed by atoms with E-state index in [1.165, 1.54) is 0 Å². The summed E-state index contributed by atoms with van der Waals surface area (Å²) in [7, 11) is 4.05. The first kappa shape index (κ1) is 21.6. The van der Waals surface area contributed by atoms with Crippen LogP contribution in [0.15, 0.2) is 54.6 Å². The van der Waals surface area contributed by atoms with Gasteiger partial charge in [-0.1, -0.05) is 48.0 Å². The summed E-state index contributed by atoms with van der Waals surface area (Å²) < 4.78 is 0. The van der Waals surface area contributed by atoms with Gasteiger partial charge in [-0.2, -0.15) is 0 Å². The summed E-state index contributed by atoms with van der Waals surface area (Å²) in [6.45, 7) is 2.04. The van der Waals surface area contributed by atoms with Gasteiger partial charge in [0.2, 0.25) is 0 Å². The van der Waals surface area contributed by atoms with E-state index in [1.54, 1.807) is 0 Å². The Morgan fingerprint density at radius 3 is 2.48 bits per heavy atom. The summed E-state index contributed by atoms with van der Waals surface area (Å²) in [5, 5.41) is 1.51. The zero-order valence-corrected chi connectivity index (χ0v) is 18.2. The highest BCUT2D eigenvalue weighted by atomic mass is 35.5. The largest absolute Gasteiger partial charge is 0.339 e. The highest BCUT2D eigenvalue weighted by Gasteiger charge is 2.26. The zero-order chi connectivity index (χ0) is 19.7. The number of para-hydroxylation sites is 1. The van der Waals surface area contributed by atoms with Crippen molar-refractivity contribution in [2.45, 2.75) is 18.9 Å². The number of rotatable bonds is 3. The van der Waals surface area contributed by atoms with Gasteiger partial charge >= 0.3 is 0 Å². The molecule has 4 nitrogen and oxygen atoms in total. The number of halogens is 2. The van der Waals surface area contributed by atoms with Gasteiger partial charge in [-0.05, 0) is 51.2 Å². The Kier molecular flexibility index (Phi) is 6.78. The molecule has 1 aromatic heterocycles. The quantitative estimate of drug-likeness (QED) is 0.577. The summed E-state index contributed by atoms with van der Waals surface area (Å²) in [6.07, 6.45) is 2.00. The molecule has 0 bridgehead atoms. The van der Waals surface area contributed by atoms with Gasteiger partial charge in [0.15, 0.2) is 0 Å². The number of likely N-dealkylation sites (tertiary alicyclic amines) is 1. The molecule has 3 aromatic rings. The van der Waals surface area contributed by atoms with Gasteiger partial charge in [-0.15, -0.1) is 12.4 Å². The second-order valence-corrected chi connectivity index (χ2v) is 7.91. The standard InChI is InChI=1S/C23H24ClN3O.ClH/c1-26-13-11-16(12-14-26)27(2)23(28)19-15-22(18-8-3-5-9-20(18)24)25-21-10-6-4-7-17(19)21;/h3-10,15-16H,11-14H2,1-2H3;1H. The van der Waals surface area contributed by atoms with Crippen molar-refractivity contribution in [1.82, 2.24) is 14.8 Å². The van der Waals surface area contributed by atoms with E-state index in [1.807, 2.05) is 66.5 Å². The van der Waals surface area contributed by atoms with Gasteiger partial charge in [0.25, 0.3) is 5.91 Å². The molecule has 1 aliphatic rings. The number of benzene rings is 2. The Morgan fingerprint density at radius 1 is 1.10 bits per heavy atom. The van der Waals surface area contributed by atoms with Crippen molar-refractivity contribution in [2.75, 3.05) is 27.2 Å². The lowest BCUT2D eigenvalue weighted by molar-refractivity contribution is 0.0661. The van der Waals surface area contributed by atoms with Crippen LogP contribution in [0, 0.1) is 0 Å². The maximum absolute atomic E-state index is 13.5. The fourth-order valence-corrected chi connectivity index (χ4v) is 4.13.